The Hall–Kier alpha value is -2.44. The summed E-state index contributed by atoms with van der Waals surface area (Å²) in [7, 11) is 0. The van der Waals surface area contributed by atoms with Crippen molar-refractivity contribution < 1.29 is 24.5 Å². The maximum Gasteiger partial charge on any atom is 0.305 e. The number of unbranched alkanes of at least 4 members (excludes halogenated alkanes) is 46. The van der Waals surface area contributed by atoms with Crippen LogP contribution in [0.4, 0.5) is 0 Å². The van der Waals surface area contributed by atoms with Gasteiger partial charge in [-0.3, -0.25) is 9.59 Å². The Labute approximate surface area is 492 Å². The molecule has 0 aromatic heterocycles. The molecule has 2 atom stereocenters. The van der Waals surface area contributed by atoms with Gasteiger partial charge in [-0.15, -0.1) is 0 Å². The Bertz CT molecular complexity index is 1370. The van der Waals surface area contributed by atoms with E-state index in [4.69, 9.17) is 4.74 Å². The Morgan fingerprint density at radius 2 is 0.658 bits per heavy atom. The summed E-state index contributed by atoms with van der Waals surface area (Å²) < 4.78 is 5.47. The van der Waals surface area contributed by atoms with Gasteiger partial charge in [0.05, 0.1) is 25.4 Å². The number of nitrogens with one attached hydrogen (secondary N) is 1. The quantitative estimate of drug-likeness (QED) is 0.0320. The first-order chi connectivity index (χ1) is 39.0. The lowest BCUT2D eigenvalue weighted by Crippen LogP contribution is -2.45. The smallest absolute Gasteiger partial charge is 0.305 e. The molecule has 6 nitrogen and oxygen atoms in total. The summed E-state index contributed by atoms with van der Waals surface area (Å²) in [6.07, 6.45) is 90.1. The molecule has 0 saturated carbocycles. The monoisotopic (exact) mass is 1110 g/mol. The van der Waals surface area contributed by atoms with Crippen molar-refractivity contribution in [2.24, 2.45) is 0 Å². The van der Waals surface area contributed by atoms with Gasteiger partial charge >= 0.3 is 5.97 Å². The number of aliphatic hydroxyl groups excluding tert-OH is 2. The summed E-state index contributed by atoms with van der Waals surface area (Å²) in [5.74, 6) is -0.0784. The molecular formula is C73H135NO5. The zero-order chi connectivity index (χ0) is 57.1. The minimum Gasteiger partial charge on any atom is -0.466 e. The number of hydrogen-bond acceptors (Lipinski definition) is 5. The van der Waals surface area contributed by atoms with E-state index in [-0.39, 0.29) is 18.5 Å². The minimum absolute atomic E-state index is 0.00698. The van der Waals surface area contributed by atoms with Crippen LogP contribution in [0.3, 0.4) is 0 Å². The van der Waals surface area contributed by atoms with Crippen molar-refractivity contribution in [3.8, 4) is 0 Å². The molecule has 462 valence electrons. The van der Waals surface area contributed by atoms with E-state index in [9.17, 15) is 19.8 Å². The fourth-order valence-electron chi connectivity index (χ4n) is 10.6. The van der Waals surface area contributed by atoms with Crippen molar-refractivity contribution in [1.82, 2.24) is 5.32 Å². The van der Waals surface area contributed by atoms with Crippen LogP contribution in [0.1, 0.15) is 367 Å². The van der Waals surface area contributed by atoms with E-state index in [1.54, 1.807) is 6.08 Å². The van der Waals surface area contributed by atoms with Gasteiger partial charge in [0.1, 0.15) is 0 Å². The van der Waals surface area contributed by atoms with Gasteiger partial charge in [0.2, 0.25) is 5.91 Å². The number of carbonyl (C=O) groups is 2. The number of ether oxygens (including phenoxy) is 1. The number of amides is 1. The molecule has 3 N–H and O–H groups in total. The van der Waals surface area contributed by atoms with Crippen LogP contribution in [-0.4, -0.2) is 47.4 Å². The zero-order valence-corrected chi connectivity index (χ0v) is 52.9. The van der Waals surface area contributed by atoms with Crippen LogP contribution in [0.25, 0.3) is 0 Å². The molecule has 1 amide bonds. The van der Waals surface area contributed by atoms with E-state index in [0.29, 0.717) is 19.4 Å². The Morgan fingerprint density at radius 3 is 1.01 bits per heavy atom. The zero-order valence-electron chi connectivity index (χ0n) is 52.9. The highest BCUT2D eigenvalue weighted by Gasteiger charge is 2.18. The molecule has 0 fully saturated rings. The van der Waals surface area contributed by atoms with Gasteiger partial charge in [-0.1, -0.05) is 325 Å². The van der Waals surface area contributed by atoms with Crippen molar-refractivity contribution in [1.29, 1.82) is 0 Å². The molecular weight excluding hydrogens is 971 g/mol. The van der Waals surface area contributed by atoms with Crippen molar-refractivity contribution in [2.75, 3.05) is 13.2 Å². The predicted octanol–water partition coefficient (Wildman–Crippen LogP) is 22.6. The summed E-state index contributed by atoms with van der Waals surface area (Å²) >= 11 is 0. The molecule has 0 bridgehead atoms. The van der Waals surface area contributed by atoms with E-state index in [1.807, 2.05) is 6.08 Å². The number of esters is 1. The van der Waals surface area contributed by atoms with Crippen LogP contribution in [0.2, 0.25) is 0 Å². The molecule has 0 heterocycles. The van der Waals surface area contributed by atoms with Crippen molar-refractivity contribution in [2.45, 2.75) is 379 Å². The topological polar surface area (TPSA) is 95.9 Å². The SMILES string of the molecule is CCC/C=C\C/C=C\CCCCCCCC(=O)OCCCCCCCCCCC/C=C\C/C=C\CCCCCCCCCCCC(=O)NC(CO)C(O)/C=C/CCCCCCCCCCCCCCCCCCCCCCCC. The first-order valence-electron chi connectivity index (χ1n) is 35.1. The highest BCUT2D eigenvalue weighted by molar-refractivity contribution is 5.76. The van der Waals surface area contributed by atoms with Gasteiger partial charge in [0, 0.05) is 12.8 Å². The van der Waals surface area contributed by atoms with Crippen molar-refractivity contribution in [3.63, 3.8) is 0 Å². The van der Waals surface area contributed by atoms with E-state index in [1.165, 1.54) is 283 Å². The molecule has 0 aliphatic carbocycles. The lowest BCUT2D eigenvalue weighted by molar-refractivity contribution is -0.143. The molecule has 0 aromatic rings. The highest BCUT2D eigenvalue weighted by atomic mass is 16.5. The van der Waals surface area contributed by atoms with E-state index in [0.717, 1.165) is 57.8 Å². The second kappa shape index (κ2) is 68.1. The first-order valence-corrected chi connectivity index (χ1v) is 35.1. The highest BCUT2D eigenvalue weighted by Crippen LogP contribution is 2.18. The molecule has 0 aliphatic heterocycles. The fourth-order valence-corrected chi connectivity index (χ4v) is 10.6. The van der Waals surface area contributed by atoms with Crippen molar-refractivity contribution >= 4 is 11.9 Å². The summed E-state index contributed by atoms with van der Waals surface area (Å²) in [4.78, 5) is 24.6. The van der Waals surface area contributed by atoms with E-state index >= 15 is 0 Å². The molecule has 0 saturated heterocycles. The predicted molar refractivity (Wildman–Crippen MR) is 347 cm³/mol. The number of hydrogen-bond donors (Lipinski definition) is 3. The second-order valence-corrected chi connectivity index (χ2v) is 23.9. The standard InChI is InChI=1S/C73H135NO5/c1-3-5-7-9-11-13-15-17-18-19-20-21-22-26-29-32-35-38-42-45-49-53-57-61-65-71(76)70(69-75)74-72(77)66-62-58-54-50-46-43-39-36-33-30-27-24-23-25-28-31-34-37-40-44-48-52-56-60-64-68-79-73(78)67-63-59-55-51-47-41-16-14-12-10-8-6-4-2/h8,10,14,16,24-25,27-28,61,65,70-71,75-76H,3-7,9,11-13,15,17-23,26,29-60,62-64,66-69H2,1-2H3,(H,74,77)/b10-8-,16-14-,27-24-,28-25-,65-61+. The maximum absolute atomic E-state index is 12.5. The van der Waals surface area contributed by atoms with Crippen LogP contribution in [0, 0.1) is 0 Å². The molecule has 0 radical (unpaired) electrons. The Kier molecular flexibility index (Phi) is 66.0. The van der Waals surface area contributed by atoms with Gasteiger partial charge < -0.3 is 20.3 Å². The summed E-state index contributed by atoms with van der Waals surface area (Å²) in [6.45, 7) is 4.85. The van der Waals surface area contributed by atoms with Crippen LogP contribution < -0.4 is 5.32 Å². The largest absolute Gasteiger partial charge is 0.466 e. The van der Waals surface area contributed by atoms with Crippen LogP contribution in [-0.2, 0) is 14.3 Å². The molecule has 79 heavy (non-hydrogen) atoms. The Morgan fingerprint density at radius 1 is 0.354 bits per heavy atom. The average Bonchev–Trinajstić information content (AvgIpc) is 3.45. The summed E-state index contributed by atoms with van der Waals surface area (Å²) in [5.41, 5.74) is 0. The fraction of sp³-hybridized carbons (Fsp3) is 0.836. The third-order valence-electron chi connectivity index (χ3n) is 16.0. The first kappa shape index (κ1) is 76.6. The van der Waals surface area contributed by atoms with E-state index < -0.39 is 12.1 Å². The van der Waals surface area contributed by atoms with Crippen LogP contribution in [0.5, 0.6) is 0 Å². The van der Waals surface area contributed by atoms with Gasteiger partial charge in [-0.25, -0.2) is 0 Å². The molecule has 0 rings (SSSR count). The van der Waals surface area contributed by atoms with E-state index in [2.05, 4.69) is 67.8 Å². The van der Waals surface area contributed by atoms with Gasteiger partial charge in [-0.05, 0) is 89.9 Å². The summed E-state index contributed by atoms with van der Waals surface area (Å²) in [6, 6.07) is -0.635. The van der Waals surface area contributed by atoms with Crippen molar-refractivity contribution in [3.05, 3.63) is 60.8 Å². The molecule has 0 aliphatic rings. The number of aliphatic hydroxyl groups is 2. The lowest BCUT2D eigenvalue weighted by atomic mass is 10.0. The average molecular weight is 1110 g/mol. The molecule has 0 aromatic carbocycles. The number of carbonyl (C=O) groups excluding carboxylic acids is 2. The third kappa shape index (κ3) is 64.6. The van der Waals surface area contributed by atoms with Gasteiger partial charge in [0.15, 0.2) is 0 Å². The third-order valence-corrected chi connectivity index (χ3v) is 16.0. The minimum atomic E-state index is -0.851. The molecule has 2 unspecified atom stereocenters. The normalized spacial score (nSPS) is 12.9. The molecule has 0 spiro atoms. The molecule has 6 heteroatoms. The van der Waals surface area contributed by atoms with Crippen LogP contribution in [0.15, 0.2) is 60.8 Å². The van der Waals surface area contributed by atoms with Crippen LogP contribution >= 0.6 is 0 Å². The number of rotatable bonds is 65. The lowest BCUT2D eigenvalue weighted by Gasteiger charge is -2.20. The van der Waals surface area contributed by atoms with Gasteiger partial charge in [0.25, 0.3) is 0 Å². The maximum atomic E-state index is 12.5. The number of allylic oxidation sites excluding steroid dienone is 9. The van der Waals surface area contributed by atoms with Gasteiger partial charge in [-0.2, -0.15) is 0 Å². The summed E-state index contributed by atoms with van der Waals surface area (Å²) in [5, 5.41) is 23.3. The second-order valence-electron chi connectivity index (χ2n) is 23.9. The Balaban J connectivity index is 3.47.